The molecule has 0 rings (SSSR count). The van der Waals surface area contributed by atoms with E-state index in [2.05, 4.69) is 19.1 Å². The van der Waals surface area contributed by atoms with Gasteiger partial charge in [0, 0.05) is 6.42 Å². The summed E-state index contributed by atoms with van der Waals surface area (Å²) in [4.78, 5) is 36.2. The Hall–Kier alpha value is -0.161. The van der Waals surface area contributed by atoms with Gasteiger partial charge in [0.05, 0.1) is 0 Å². The predicted octanol–water partition coefficient (Wildman–Crippen LogP) is 2.68. The van der Waals surface area contributed by atoms with Gasteiger partial charge in [-0.25, -0.2) is 0 Å². The zero-order valence-corrected chi connectivity index (χ0v) is 18.0. The number of allylic oxidation sites excluding steroid dienone is 2. The summed E-state index contributed by atoms with van der Waals surface area (Å²) in [6.45, 7) is 2.26. The summed E-state index contributed by atoms with van der Waals surface area (Å²) in [7, 11) is -5.39. The molecule has 0 aliphatic rings. The third kappa shape index (κ3) is 43.9. The van der Waals surface area contributed by atoms with Gasteiger partial charge >= 0.3 is 17.1 Å². The molecule has 0 spiro atoms. The molecule has 8 heteroatoms. The van der Waals surface area contributed by atoms with Crippen molar-refractivity contribution in [1.82, 2.24) is 0 Å². The average Bonchev–Trinajstić information content (AvgIpc) is 2.49. The quantitative estimate of drug-likeness (QED) is 0.184. The Labute approximate surface area is 169 Å². The molecule has 0 atom stereocenters. The van der Waals surface area contributed by atoms with Crippen LogP contribution in [0.3, 0.4) is 0 Å². The van der Waals surface area contributed by atoms with E-state index in [0.29, 0.717) is 6.42 Å². The largest absolute Gasteiger partial charge is 3.00 e. The van der Waals surface area contributed by atoms with Gasteiger partial charge in [-0.15, -0.1) is 0 Å². The van der Waals surface area contributed by atoms with Crippen LogP contribution >= 0.6 is 7.82 Å². The second kappa shape index (κ2) is 22.9. The fraction of sp³-hybridized carbons (Fsp3) is 0.833. The maximum absolute atomic E-state index is 10.5. The summed E-state index contributed by atoms with van der Waals surface area (Å²) in [5.41, 5.74) is 5.10. The number of rotatable bonds is 15. The normalized spacial score (nSPS) is 10.9. The fourth-order valence-corrected chi connectivity index (χ4v) is 2.37. The first-order valence-electron chi connectivity index (χ1n) is 9.43. The number of carbonyl (C=O) groups excluding carboxylic acids is 1. The third-order valence-electron chi connectivity index (χ3n) is 3.68. The molecule has 0 aromatic carbocycles. The summed E-state index contributed by atoms with van der Waals surface area (Å²) in [6, 6.07) is 0. The minimum atomic E-state index is -5.39. The smallest absolute Gasteiger partial charge is 0.822 e. The Balaban J connectivity index is -0.000000772. The summed E-state index contributed by atoms with van der Waals surface area (Å²) < 4.78 is 8.55. The summed E-state index contributed by atoms with van der Waals surface area (Å²) in [6.07, 6.45) is 21.9. The molecular formula is C18H35FeNO5P. The molecule has 155 valence electrons. The van der Waals surface area contributed by atoms with Crippen molar-refractivity contribution in [2.75, 3.05) is 0 Å². The van der Waals surface area contributed by atoms with E-state index < -0.39 is 7.82 Å². The molecule has 0 aromatic heterocycles. The SMILES string of the molecule is CCCCCCCC/C=C\CCCCCCCC(N)=O.O=P([O-])([O-])[O-].[Fe+3]. The zero-order chi connectivity index (χ0) is 19.4. The van der Waals surface area contributed by atoms with Crippen LogP contribution in [0.2, 0.25) is 0 Å². The van der Waals surface area contributed by atoms with Gasteiger partial charge in [-0.3, -0.25) is 4.79 Å². The molecule has 0 aromatic rings. The van der Waals surface area contributed by atoms with Crippen LogP contribution in [-0.2, 0) is 26.4 Å². The Morgan fingerprint density at radius 1 is 0.808 bits per heavy atom. The standard InChI is InChI=1S/C18H35NO.Fe.H3O4P/c1-2-3-4-5-6-7-8-9-10-11-12-13-14-15-16-17-18(19)20;;1-5(2,3)4/h9-10H,2-8,11-17H2,1H3,(H2,19,20);;(H3,1,2,3,4)/q;+3;/p-3/b10-9-;;. The van der Waals surface area contributed by atoms with E-state index in [1.54, 1.807) is 0 Å². The number of hydrogen-bond donors (Lipinski definition) is 1. The Morgan fingerprint density at radius 2 is 1.15 bits per heavy atom. The van der Waals surface area contributed by atoms with E-state index in [-0.39, 0.29) is 23.0 Å². The molecule has 0 aliphatic heterocycles. The van der Waals surface area contributed by atoms with E-state index >= 15 is 0 Å². The number of hydrogen-bond acceptors (Lipinski definition) is 5. The van der Waals surface area contributed by atoms with Gasteiger partial charge in [-0.2, -0.15) is 7.82 Å². The first-order chi connectivity index (χ1) is 11.8. The Kier molecular flexibility index (Phi) is 26.9. The number of unbranched alkanes of at least 4 members (excludes halogenated alkanes) is 11. The predicted molar refractivity (Wildman–Crippen MR) is 96.3 cm³/mol. The Morgan fingerprint density at radius 3 is 1.54 bits per heavy atom. The number of nitrogens with two attached hydrogens (primary N) is 1. The van der Waals surface area contributed by atoms with Gasteiger partial charge in [0.15, 0.2) is 0 Å². The van der Waals surface area contributed by atoms with Gasteiger partial charge < -0.3 is 25.0 Å². The second-order valence-corrected chi connectivity index (χ2v) is 7.14. The molecule has 1 amide bonds. The van der Waals surface area contributed by atoms with Crippen LogP contribution in [-0.4, -0.2) is 5.91 Å². The molecule has 1 radical (unpaired) electrons. The van der Waals surface area contributed by atoms with Crippen molar-refractivity contribution in [3.05, 3.63) is 12.2 Å². The monoisotopic (exact) mass is 432 g/mol. The molecule has 0 saturated heterocycles. The Bertz CT molecular complexity index is 366. The molecule has 0 fully saturated rings. The van der Waals surface area contributed by atoms with Crippen molar-refractivity contribution in [2.45, 2.75) is 96.8 Å². The van der Waals surface area contributed by atoms with Gasteiger partial charge in [0.25, 0.3) is 0 Å². The number of phosphoric acid groups is 1. The molecule has 0 aliphatic carbocycles. The van der Waals surface area contributed by atoms with Crippen LogP contribution in [0, 0.1) is 0 Å². The topological polar surface area (TPSA) is 129 Å². The molecule has 0 bridgehead atoms. The molecule has 6 nitrogen and oxygen atoms in total. The molecule has 26 heavy (non-hydrogen) atoms. The number of primary amides is 1. The fourth-order valence-electron chi connectivity index (χ4n) is 2.37. The van der Waals surface area contributed by atoms with Crippen molar-refractivity contribution in [2.24, 2.45) is 5.73 Å². The number of carbonyl (C=O) groups is 1. The molecule has 0 saturated carbocycles. The van der Waals surface area contributed by atoms with Crippen LogP contribution in [0.5, 0.6) is 0 Å². The van der Waals surface area contributed by atoms with E-state index in [4.69, 9.17) is 25.0 Å². The molecule has 0 unspecified atom stereocenters. The third-order valence-corrected chi connectivity index (χ3v) is 3.68. The minimum absolute atomic E-state index is 0. The molecular weight excluding hydrogens is 397 g/mol. The zero-order valence-electron chi connectivity index (χ0n) is 16.0. The first-order valence-corrected chi connectivity index (χ1v) is 10.9. The van der Waals surface area contributed by atoms with Crippen LogP contribution in [0.25, 0.3) is 0 Å². The van der Waals surface area contributed by atoms with Crippen molar-refractivity contribution in [3.63, 3.8) is 0 Å². The van der Waals surface area contributed by atoms with Gasteiger partial charge in [0.1, 0.15) is 0 Å². The molecule has 0 heterocycles. The maximum Gasteiger partial charge on any atom is 3.00 e. The van der Waals surface area contributed by atoms with E-state index in [9.17, 15) is 4.79 Å². The van der Waals surface area contributed by atoms with E-state index in [1.807, 2.05) is 0 Å². The van der Waals surface area contributed by atoms with Crippen molar-refractivity contribution in [1.29, 1.82) is 0 Å². The van der Waals surface area contributed by atoms with Gasteiger partial charge in [-0.05, 0) is 32.1 Å². The van der Waals surface area contributed by atoms with Gasteiger partial charge in [-0.1, -0.05) is 70.4 Å². The van der Waals surface area contributed by atoms with E-state index in [1.165, 1.54) is 70.6 Å². The average molecular weight is 432 g/mol. The summed E-state index contributed by atoms with van der Waals surface area (Å²) >= 11 is 0. The molecule has 2 N–H and O–H groups in total. The summed E-state index contributed by atoms with van der Waals surface area (Å²) in [5, 5.41) is 0. The second-order valence-electron chi connectivity index (χ2n) is 6.25. The van der Waals surface area contributed by atoms with Gasteiger partial charge in [0.2, 0.25) is 5.91 Å². The first kappa shape index (κ1) is 30.6. The van der Waals surface area contributed by atoms with Crippen molar-refractivity contribution in [3.8, 4) is 0 Å². The van der Waals surface area contributed by atoms with Crippen LogP contribution in [0.15, 0.2) is 12.2 Å². The number of amides is 1. The maximum atomic E-state index is 10.5. The van der Waals surface area contributed by atoms with E-state index in [0.717, 1.165) is 12.8 Å². The van der Waals surface area contributed by atoms with Crippen molar-refractivity contribution >= 4 is 13.7 Å². The summed E-state index contributed by atoms with van der Waals surface area (Å²) in [5.74, 6) is -0.164. The van der Waals surface area contributed by atoms with Crippen LogP contribution in [0.1, 0.15) is 96.8 Å². The minimum Gasteiger partial charge on any atom is -0.822 e. The van der Waals surface area contributed by atoms with Crippen LogP contribution < -0.4 is 20.4 Å². The van der Waals surface area contributed by atoms with Crippen LogP contribution in [0.4, 0.5) is 0 Å². The van der Waals surface area contributed by atoms with Crippen molar-refractivity contribution < 1.29 is 41.1 Å².